The first-order valence-corrected chi connectivity index (χ1v) is 12.6. The van der Waals surface area contributed by atoms with Gasteiger partial charge in [0.05, 0.1) is 0 Å². The van der Waals surface area contributed by atoms with E-state index < -0.39 is 11.6 Å². The normalized spacial score (nSPS) is 11.6. The summed E-state index contributed by atoms with van der Waals surface area (Å²) in [6, 6.07) is 6.37. The zero-order valence-electron chi connectivity index (χ0n) is 21.8. The predicted octanol–water partition coefficient (Wildman–Crippen LogP) is 4.39. The van der Waals surface area contributed by atoms with Gasteiger partial charge in [0.25, 0.3) is 0 Å². The van der Waals surface area contributed by atoms with Crippen LogP contribution in [-0.2, 0) is 17.8 Å². The molecular weight excluding hydrogens is 482 g/mol. The van der Waals surface area contributed by atoms with Crippen molar-refractivity contribution in [3.8, 4) is 0 Å². The average Bonchev–Trinajstić information content (AvgIpc) is 2.81. The number of carbonyl (C=O) groups excluding carboxylic acids is 1. The summed E-state index contributed by atoms with van der Waals surface area (Å²) in [6.45, 7) is 12.3. The Bertz CT molecular complexity index is 936. The lowest BCUT2D eigenvalue weighted by molar-refractivity contribution is -0.905. The molecule has 2 aromatic rings. The van der Waals surface area contributed by atoms with E-state index in [0.29, 0.717) is 30.0 Å². The highest BCUT2D eigenvalue weighted by atomic mass is 32.1. The molecule has 1 atom stereocenters. The number of hydrogen-bond donors (Lipinski definition) is 4. The van der Waals surface area contributed by atoms with Crippen molar-refractivity contribution in [2.45, 2.75) is 59.0 Å². The molecule has 1 heterocycles. The molecule has 0 fully saturated rings. The monoisotopic (exact) mass is 523 g/mol. The van der Waals surface area contributed by atoms with E-state index >= 15 is 0 Å². The molecule has 0 radical (unpaired) electrons. The molecule has 0 bridgehead atoms. The van der Waals surface area contributed by atoms with Crippen molar-refractivity contribution in [2.75, 3.05) is 20.1 Å². The van der Waals surface area contributed by atoms with Gasteiger partial charge in [0.2, 0.25) is 12.4 Å². The number of benzene rings is 1. The van der Waals surface area contributed by atoms with E-state index in [0.717, 1.165) is 60.8 Å². The van der Waals surface area contributed by atoms with Gasteiger partial charge in [0.15, 0.2) is 0 Å². The number of unbranched alkanes of at least 4 members (excludes halogenated alkanes) is 1. The summed E-state index contributed by atoms with van der Waals surface area (Å²) in [5.41, 5.74) is 3.10. The number of rotatable bonds is 14. The summed E-state index contributed by atoms with van der Waals surface area (Å²) in [7, 11) is 1.91. The fourth-order valence-electron chi connectivity index (χ4n) is 3.85. The highest BCUT2D eigenvalue weighted by molar-refractivity contribution is 7.78. The molecule has 0 spiro atoms. The van der Waals surface area contributed by atoms with Crippen LogP contribution in [0.1, 0.15) is 49.8 Å². The number of nitrogens with one attached hydrogen (secondary N) is 2. The van der Waals surface area contributed by atoms with Crippen LogP contribution in [0.4, 0.5) is 8.78 Å². The molecule has 1 aromatic carbocycles. The fourth-order valence-corrected chi connectivity index (χ4v) is 4.01. The maximum Gasteiger partial charge on any atom is 0.227 e. The highest BCUT2D eigenvalue weighted by Crippen LogP contribution is 2.21. The Balaban J connectivity index is 0.000000362. The summed E-state index contributed by atoms with van der Waals surface area (Å²) in [5, 5.41) is 12.5. The minimum Gasteiger partial charge on any atom is -0.367 e. The van der Waals surface area contributed by atoms with E-state index in [1.165, 1.54) is 6.07 Å². The zero-order valence-corrected chi connectivity index (χ0v) is 22.7. The second-order valence-corrected chi connectivity index (χ2v) is 9.41. The molecule has 2 rings (SSSR count). The molecule has 9 heteroatoms. The molecule has 1 unspecified atom stereocenters. The Labute approximate surface area is 219 Å². The molecular formula is C27H41F2N4O2S+. The van der Waals surface area contributed by atoms with Crippen molar-refractivity contribution in [2.24, 2.45) is 5.92 Å². The van der Waals surface area contributed by atoms with Gasteiger partial charge in [-0.1, -0.05) is 25.8 Å². The summed E-state index contributed by atoms with van der Waals surface area (Å²) in [6.07, 6.45) is 6.99. The van der Waals surface area contributed by atoms with Crippen LogP contribution >= 0.6 is 12.8 Å². The highest BCUT2D eigenvalue weighted by Gasteiger charge is 2.15. The molecule has 0 saturated carbocycles. The Morgan fingerprint density at radius 3 is 2.58 bits per heavy atom. The summed E-state index contributed by atoms with van der Waals surface area (Å²) in [5.74, 6) is -1.37. The number of carbonyl (C=O) groups is 1. The number of halogens is 2. The first-order valence-electron chi connectivity index (χ1n) is 12.2. The molecule has 0 aliphatic carbocycles. The van der Waals surface area contributed by atoms with Gasteiger partial charge in [0, 0.05) is 59.7 Å². The van der Waals surface area contributed by atoms with Gasteiger partial charge in [0.1, 0.15) is 17.9 Å². The standard InChI is InChI=1S/C14H19F2NOS.C13H22N3O/c1-10-6-12(15)8-14(16)13(10)7-11(9-18)4-2-3-5-17-19;1-11(2)16(12(3)8-14-4)10-13-6-5-7-15(17)9-13/h6,8-9,11,17,19H,2-5,7H2,1H3;5-7,9,11,14,17H,3,8,10H2,1-2,4H3/q;+1. The van der Waals surface area contributed by atoms with Crippen LogP contribution < -0.4 is 14.8 Å². The smallest absolute Gasteiger partial charge is 0.227 e. The van der Waals surface area contributed by atoms with E-state index in [9.17, 15) is 18.8 Å². The topological polar surface area (TPSA) is 68.5 Å². The van der Waals surface area contributed by atoms with Crippen LogP contribution in [0.5, 0.6) is 0 Å². The largest absolute Gasteiger partial charge is 0.367 e. The molecule has 3 N–H and O–H groups in total. The van der Waals surface area contributed by atoms with Gasteiger partial charge < -0.3 is 15.0 Å². The number of aldehydes is 1. The number of nitrogens with zero attached hydrogens (tertiary/aromatic N) is 2. The third-order valence-corrected chi connectivity index (χ3v) is 5.99. The maximum atomic E-state index is 13.7. The molecule has 6 nitrogen and oxygen atoms in total. The summed E-state index contributed by atoms with van der Waals surface area (Å²) >= 11 is 3.88. The van der Waals surface area contributed by atoms with Crippen molar-refractivity contribution in [3.05, 3.63) is 77.3 Å². The molecule has 200 valence electrons. The number of likely N-dealkylation sites (N-methyl/N-ethyl adjacent to an activating group) is 1. The van der Waals surface area contributed by atoms with E-state index in [1.54, 1.807) is 19.3 Å². The average molecular weight is 524 g/mol. The van der Waals surface area contributed by atoms with Crippen molar-refractivity contribution in [3.63, 3.8) is 0 Å². The minimum atomic E-state index is -0.582. The first kappa shape index (κ1) is 31.5. The lowest BCUT2D eigenvalue weighted by Gasteiger charge is -2.30. The van der Waals surface area contributed by atoms with Crippen LogP contribution in [-0.4, -0.2) is 42.6 Å². The van der Waals surface area contributed by atoms with Crippen molar-refractivity contribution in [1.29, 1.82) is 0 Å². The maximum absolute atomic E-state index is 13.7. The SMILES string of the molecule is C=C(CNC)N(Cc1ccc[n+](O)c1)C(C)C.Cc1cc(F)cc(F)c1CC(C=O)CCCCNS. The predicted molar refractivity (Wildman–Crippen MR) is 143 cm³/mol. The first-order chi connectivity index (χ1) is 17.1. The summed E-state index contributed by atoms with van der Waals surface area (Å²) < 4.78 is 30.5. The van der Waals surface area contributed by atoms with Gasteiger partial charge in [-0.05, 0) is 70.3 Å². The van der Waals surface area contributed by atoms with Gasteiger partial charge >= 0.3 is 0 Å². The number of aryl methyl sites for hydroxylation is 1. The number of hydrogen-bond acceptors (Lipinski definition) is 6. The van der Waals surface area contributed by atoms with Crippen molar-refractivity contribution >= 4 is 19.1 Å². The number of aromatic nitrogens is 1. The Hall–Kier alpha value is -2.49. The van der Waals surface area contributed by atoms with Gasteiger partial charge in [-0.2, -0.15) is 0 Å². The third-order valence-electron chi connectivity index (χ3n) is 5.77. The lowest BCUT2D eigenvalue weighted by Crippen LogP contribution is -2.35. The van der Waals surface area contributed by atoms with Crippen LogP contribution in [0.15, 0.2) is 48.9 Å². The third kappa shape index (κ3) is 11.5. The van der Waals surface area contributed by atoms with Gasteiger partial charge in [-0.25, -0.2) is 8.78 Å². The molecule has 0 aliphatic heterocycles. The van der Waals surface area contributed by atoms with E-state index in [4.69, 9.17) is 0 Å². The van der Waals surface area contributed by atoms with Crippen LogP contribution in [0.2, 0.25) is 0 Å². The quantitative estimate of drug-likeness (QED) is 0.0973. The second kappa shape index (κ2) is 17.1. The minimum absolute atomic E-state index is 0.224. The number of thiol groups is 1. The number of pyridine rings is 1. The zero-order chi connectivity index (χ0) is 27.1. The van der Waals surface area contributed by atoms with Gasteiger partial charge in [-0.3, -0.25) is 9.93 Å². The van der Waals surface area contributed by atoms with Gasteiger partial charge in [-0.15, -0.1) is 0 Å². The molecule has 0 amide bonds. The van der Waals surface area contributed by atoms with E-state index in [1.807, 2.05) is 19.2 Å². The molecule has 1 aromatic heterocycles. The Morgan fingerprint density at radius 2 is 2.03 bits per heavy atom. The van der Waals surface area contributed by atoms with Crippen LogP contribution in [0, 0.1) is 24.5 Å². The second-order valence-electron chi connectivity index (χ2n) is 9.10. The van der Waals surface area contributed by atoms with Crippen molar-refractivity contribution in [1.82, 2.24) is 14.9 Å². The Morgan fingerprint density at radius 1 is 1.31 bits per heavy atom. The molecule has 0 saturated heterocycles. The fraction of sp³-hybridized carbons (Fsp3) is 0.481. The summed E-state index contributed by atoms with van der Waals surface area (Å²) in [4.78, 5) is 13.2. The Kier molecular flexibility index (Phi) is 14.9. The van der Waals surface area contributed by atoms with Crippen LogP contribution in [0.25, 0.3) is 0 Å². The molecule has 0 aliphatic rings. The van der Waals surface area contributed by atoms with Crippen molar-refractivity contribution < 1.29 is 23.5 Å². The van der Waals surface area contributed by atoms with E-state index in [-0.39, 0.29) is 5.92 Å². The lowest BCUT2D eigenvalue weighted by atomic mass is 9.92. The van der Waals surface area contributed by atoms with Crippen LogP contribution in [0.3, 0.4) is 0 Å². The van der Waals surface area contributed by atoms with E-state index in [2.05, 4.69) is 48.2 Å². The molecule has 36 heavy (non-hydrogen) atoms.